The second kappa shape index (κ2) is 11.8. The van der Waals surface area contributed by atoms with Gasteiger partial charge in [-0.3, -0.25) is 9.59 Å². The third-order valence-corrected chi connectivity index (χ3v) is 8.19. The number of benzene rings is 4. The maximum Gasteiger partial charge on any atom is 0.305 e. The zero-order chi connectivity index (χ0) is 30.1. The summed E-state index contributed by atoms with van der Waals surface area (Å²) in [5, 5.41) is 2.04. The maximum atomic E-state index is 14.1. The first-order valence-electron chi connectivity index (χ1n) is 14.1. The number of esters is 1. The highest BCUT2D eigenvalue weighted by Gasteiger charge is 2.45. The molecule has 0 spiro atoms. The van der Waals surface area contributed by atoms with E-state index in [9.17, 15) is 9.59 Å². The molecule has 2 heterocycles. The SMILES string of the molecule is CCOC(=O)CCCn1c(C)c(C(=O)c2ccc3c(c2)OC(c2ccc(Cl)cc2)(c2ccc(Cl)cc2)O3)c2ccccc21. The van der Waals surface area contributed by atoms with Crippen molar-refractivity contribution in [2.45, 2.75) is 39.0 Å². The Hall–Kier alpha value is -4.26. The molecule has 0 N–H and O–H groups in total. The van der Waals surface area contributed by atoms with Crippen LogP contribution in [-0.2, 0) is 21.9 Å². The average Bonchev–Trinajstić information content (AvgIpc) is 3.53. The summed E-state index contributed by atoms with van der Waals surface area (Å²) in [5.74, 6) is -0.670. The van der Waals surface area contributed by atoms with Crippen molar-refractivity contribution >= 4 is 45.9 Å². The molecule has 5 aromatic rings. The molecule has 0 atom stereocenters. The Kier molecular flexibility index (Phi) is 7.91. The summed E-state index contributed by atoms with van der Waals surface area (Å²) in [6.07, 6.45) is 0.918. The number of carbonyl (C=O) groups is 2. The van der Waals surface area contributed by atoms with Gasteiger partial charge in [0, 0.05) is 56.3 Å². The lowest BCUT2D eigenvalue weighted by atomic mass is 9.97. The summed E-state index contributed by atoms with van der Waals surface area (Å²) in [4.78, 5) is 26.0. The van der Waals surface area contributed by atoms with Gasteiger partial charge >= 0.3 is 11.8 Å². The minimum atomic E-state index is -1.29. The van der Waals surface area contributed by atoms with Crippen molar-refractivity contribution in [3.8, 4) is 11.5 Å². The number of aromatic nitrogens is 1. The van der Waals surface area contributed by atoms with Crippen LogP contribution in [0.4, 0.5) is 0 Å². The Morgan fingerprint density at radius 1 is 0.837 bits per heavy atom. The Morgan fingerprint density at radius 3 is 2.12 bits per heavy atom. The highest BCUT2D eigenvalue weighted by atomic mass is 35.5. The number of aryl methyl sites for hydroxylation is 1. The average molecular weight is 615 g/mol. The largest absolute Gasteiger partial charge is 0.466 e. The lowest BCUT2D eigenvalue weighted by molar-refractivity contribution is -0.143. The van der Waals surface area contributed by atoms with Crippen LogP contribution < -0.4 is 9.47 Å². The van der Waals surface area contributed by atoms with Crippen LogP contribution in [0.5, 0.6) is 11.5 Å². The molecule has 6 rings (SSSR count). The van der Waals surface area contributed by atoms with E-state index in [4.69, 9.17) is 37.4 Å². The second-order valence-corrected chi connectivity index (χ2v) is 11.2. The molecule has 0 saturated heterocycles. The number of para-hydroxylation sites is 1. The van der Waals surface area contributed by atoms with Crippen molar-refractivity contribution in [1.29, 1.82) is 0 Å². The van der Waals surface area contributed by atoms with Gasteiger partial charge in [-0.15, -0.1) is 0 Å². The van der Waals surface area contributed by atoms with Crippen LogP contribution >= 0.6 is 23.2 Å². The molecule has 4 aromatic carbocycles. The van der Waals surface area contributed by atoms with Gasteiger partial charge in [-0.05, 0) is 93.1 Å². The number of halogens is 2. The van der Waals surface area contributed by atoms with E-state index in [2.05, 4.69) is 4.57 Å². The van der Waals surface area contributed by atoms with Crippen LogP contribution in [0, 0.1) is 6.92 Å². The molecule has 43 heavy (non-hydrogen) atoms. The molecule has 0 saturated carbocycles. The van der Waals surface area contributed by atoms with Crippen LogP contribution in [0.3, 0.4) is 0 Å². The zero-order valence-electron chi connectivity index (χ0n) is 23.7. The maximum absolute atomic E-state index is 14.1. The number of fused-ring (bicyclic) bond motifs is 2. The number of rotatable bonds is 9. The Labute approximate surface area is 259 Å². The fourth-order valence-electron chi connectivity index (χ4n) is 5.65. The Bertz CT molecular complexity index is 1780. The van der Waals surface area contributed by atoms with Crippen molar-refractivity contribution in [3.05, 3.63) is 129 Å². The van der Waals surface area contributed by atoms with Crippen LogP contribution in [0.15, 0.2) is 91.0 Å². The molecule has 0 aliphatic carbocycles. The van der Waals surface area contributed by atoms with E-state index in [-0.39, 0.29) is 11.8 Å². The summed E-state index contributed by atoms with van der Waals surface area (Å²) in [6.45, 7) is 4.69. The van der Waals surface area contributed by atoms with Gasteiger partial charge in [0.15, 0.2) is 17.3 Å². The molecule has 0 fully saturated rings. The smallest absolute Gasteiger partial charge is 0.305 e. The van der Waals surface area contributed by atoms with Gasteiger partial charge in [-0.1, -0.05) is 41.4 Å². The fraction of sp³-hybridized carbons (Fsp3) is 0.200. The molecular weight excluding hydrogens is 585 g/mol. The van der Waals surface area contributed by atoms with Crippen LogP contribution in [0.25, 0.3) is 10.9 Å². The van der Waals surface area contributed by atoms with E-state index >= 15 is 0 Å². The lowest BCUT2D eigenvalue weighted by Crippen LogP contribution is -2.36. The predicted molar refractivity (Wildman–Crippen MR) is 167 cm³/mol. The van der Waals surface area contributed by atoms with Crippen LogP contribution in [0.1, 0.15) is 52.5 Å². The van der Waals surface area contributed by atoms with Crippen molar-refractivity contribution in [1.82, 2.24) is 4.57 Å². The van der Waals surface area contributed by atoms with Gasteiger partial charge in [-0.25, -0.2) is 0 Å². The van der Waals surface area contributed by atoms with E-state index in [1.54, 1.807) is 49.4 Å². The second-order valence-electron chi connectivity index (χ2n) is 10.4. The highest BCUT2D eigenvalue weighted by molar-refractivity contribution is 6.30. The zero-order valence-corrected chi connectivity index (χ0v) is 25.2. The van der Waals surface area contributed by atoms with E-state index in [0.717, 1.165) is 27.7 Å². The summed E-state index contributed by atoms with van der Waals surface area (Å²) >= 11 is 12.4. The van der Waals surface area contributed by atoms with Crippen LogP contribution in [0.2, 0.25) is 10.0 Å². The first-order valence-corrected chi connectivity index (χ1v) is 14.9. The summed E-state index contributed by atoms with van der Waals surface area (Å²) in [6, 6.07) is 27.6. The van der Waals surface area contributed by atoms with Crippen molar-refractivity contribution < 1.29 is 23.8 Å². The molecule has 1 aliphatic heterocycles. The number of ketones is 1. The molecule has 0 radical (unpaired) electrons. The summed E-state index contributed by atoms with van der Waals surface area (Å²) in [7, 11) is 0. The molecule has 0 amide bonds. The minimum absolute atomic E-state index is 0.125. The fourth-order valence-corrected chi connectivity index (χ4v) is 5.90. The molecule has 1 aliphatic rings. The quantitative estimate of drug-likeness (QED) is 0.123. The van der Waals surface area contributed by atoms with Gasteiger partial charge in [0.2, 0.25) is 0 Å². The normalized spacial score (nSPS) is 13.3. The number of nitrogens with zero attached hydrogens (tertiary/aromatic N) is 1. The third-order valence-electron chi connectivity index (χ3n) is 7.69. The van der Waals surface area contributed by atoms with E-state index < -0.39 is 5.79 Å². The predicted octanol–water partition coefficient (Wildman–Crippen LogP) is 8.50. The molecule has 0 bridgehead atoms. The number of hydrogen-bond acceptors (Lipinski definition) is 5. The van der Waals surface area contributed by atoms with Crippen molar-refractivity contribution in [3.63, 3.8) is 0 Å². The summed E-state index contributed by atoms with van der Waals surface area (Å²) < 4.78 is 20.3. The molecular formula is C35H29Cl2NO5. The van der Waals surface area contributed by atoms with Gasteiger partial charge in [0.05, 0.1) is 12.2 Å². The van der Waals surface area contributed by atoms with Crippen molar-refractivity contribution in [2.24, 2.45) is 0 Å². The summed E-state index contributed by atoms with van der Waals surface area (Å²) in [5.41, 5.74) is 4.35. The van der Waals surface area contributed by atoms with E-state index in [1.807, 2.05) is 55.5 Å². The minimum Gasteiger partial charge on any atom is -0.466 e. The van der Waals surface area contributed by atoms with Gasteiger partial charge in [-0.2, -0.15) is 0 Å². The van der Waals surface area contributed by atoms with E-state index in [0.29, 0.717) is 58.7 Å². The Balaban J connectivity index is 1.35. The first kappa shape index (κ1) is 28.8. The van der Waals surface area contributed by atoms with Crippen molar-refractivity contribution in [2.75, 3.05) is 6.61 Å². The standard InChI is InChI=1S/C35H29Cl2NO5/c1-3-41-32(39)9-6-20-38-22(2)33(28-7-4-5-8-29(28)38)34(40)23-10-19-30-31(21-23)43-35(42-30,24-11-15-26(36)16-12-24)25-13-17-27(37)18-14-25/h4-5,7-8,10-19,21H,3,6,9,20H2,1-2H3. The molecule has 0 unspecified atom stereocenters. The molecule has 6 nitrogen and oxygen atoms in total. The Morgan fingerprint density at radius 2 is 1.47 bits per heavy atom. The number of ether oxygens (including phenoxy) is 3. The van der Waals surface area contributed by atoms with Crippen LogP contribution in [-0.4, -0.2) is 22.9 Å². The third kappa shape index (κ3) is 5.37. The highest BCUT2D eigenvalue weighted by Crippen LogP contribution is 2.48. The lowest BCUT2D eigenvalue weighted by Gasteiger charge is -2.28. The monoisotopic (exact) mass is 613 g/mol. The molecule has 1 aromatic heterocycles. The topological polar surface area (TPSA) is 66.8 Å². The van der Waals surface area contributed by atoms with Gasteiger partial charge < -0.3 is 18.8 Å². The molecule has 8 heteroatoms. The molecule has 218 valence electrons. The van der Waals surface area contributed by atoms with Gasteiger partial charge in [0.1, 0.15) is 0 Å². The van der Waals surface area contributed by atoms with E-state index in [1.165, 1.54) is 0 Å². The number of carbonyl (C=O) groups excluding carboxylic acids is 2. The first-order chi connectivity index (χ1) is 20.8. The van der Waals surface area contributed by atoms with Gasteiger partial charge in [0.25, 0.3) is 0 Å². The number of hydrogen-bond donors (Lipinski definition) is 0.